The van der Waals surface area contributed by atoms with Crippen LogP contribution in [0.5, 0.6) is 0 Å². The highest BCUT2D eigenvalue weighted by Gasteiger charge is 2.54. The molecule has 158 valence electrons. The topological polar surface area (TPSA) is 60.2 Å². The Balaban J connectivity index is 1.30. The fraction of sp³-hybridized carbons (Fsp3) is 0.625. The lowest BCUT2D eigenvalue weighted by atomic mass is 9.52. The molecule has 1 aromatic carbocycles. The van der Waals surface area contributed by atoms with Gasteiger partial charge in [0.25, 0.3) is 0 Å². The maximum Gasteiger partial charge on any atom is 0.237 e. The highest BCUT2D eigenvalue weighted by atomic mass is 32.1. The van der Waals surface area contributed by atoms with Gasteiger partial charge in [-0.1, -0.05) is 12.1 Å². The zero-order chi connectivity index (χ0) is 20.7. The van der Waals surface area contributed by atoms with Crippen LogP contribution in [0.3, 0.4) is 0 Å². The molecule has 30 heavy (non-hydrogen) atoms. The number of rotatable bonds is 7. The van der Waals surface area contributed by atoms with Crippen LogP contribution in [0.2, 0.25) is 0 Å². The van der Waals surface area contributed by atoms with Crippen molar-refractivity contribution in [3.05, 3.63) is 29.3 Å². The average molecular weight is 423 g/mol. The van der Waals surface area contributed by atoms with E-state index in [-0.39, 0.29) is 11.4 Å². The smallest absolute Gasteiger partial charge is 0.237 e. The molecule has 0 N–H and O–H groups in total. The molecule has 6 rings (SSSR count). The van der Waals surface area contributed by atoms with Gasteiger partial charge in [0.15, 0.2) is 0 Å². The summed E-state index contributed by atoms with van der Waals surface area (Å²) < 4.78 is 1.19. The molecule has 5 nitrogen and oxygen atoms in total. The van der Waals surface area contributed by atoms with Gasteiger partial charge in [0.2, 0.25) is 5.91 Å². The molecule has 0 unspecified atom stereocenters. The van der Waals surface area contributed by atoms with Gasteiger partial charge in [-0.25, -0.2) is 4.98 Å². The number of benzene rings is 1. The number of carbonyl (C=O) groups is 1. The highest BCUT2D eigenvalue weighted by molar-refractivity contribution is 7.18. The number of nitrogens with zero attached hydrogens (tertiary/aromatic N) is 4. The summed E-state index contributed by atoms with van der Waals surface area (Å²) in [4.78, 5) is 22.4. The molecule has 1 aromatic heterocycles. The van der Waals surface area contributed by atoms with E-state index in [1.54, 1.807) is 11.3 Å². The monoisotopic (exact) mass is 422 g/mol. The number of thiazole rings is 1. The van der Waals surface area contributed by atoms with Crippen molar-refractivity contribution in [2.24, 2.45) is 17.8 Å². The van der Waals surface area contributed by atoms with E-state index < -0.39 is 0 Å². The van der Waals surface area contributed by atoms with E-state index in [9.17, 15) is 10.1 Å². The number of hydrogen-bond donors (Lipinski definition) is 0. The fourth-order valence-electron chi connectivity index (χ4n) is 6.77. The first-order valence-corrected chi connectivity index (χ1v) is 12.1. The van der Waals surface area contributed by atoms with Crippen molar-refractivity contribution in [1.29, 1.82) is 5.26 Å². The van der Waals surface area contributed by atoms with E-state index in [4.69, 9.17) is 4.98 Å². The third-order valence-electron chi connectivity index (χ3n) is 7.48. The number of aromatic nitrogens is 1. The van der Waals surface area contributed by atoms with E-state index in [2.05, 4.69) is 21.9 Å². The normalized spacial score (nSPS) is 29.4. The van der Waals surface area contributed by atoms with Crippen LogP contribution >= 0.6 is 11.3 Å². The van der Waals surface area contributed by atoms with Crippen LogP contribution in [0.1, 0.15) is 50.0 Å². The standard InChI is InChI=1S/C24H30N4OS/c1-27(15-22-26-20-5-2-3-6-21(20)30-22)16-23(29)28(8-4-7-25)24-12-17-9-18(13-24)11-19(10-17)14-24/h2-3,5-6,17-19H,4,8-16H2,1H3. The number of hydrogen-bond acceptors (Lipinski definition) is 5. The van der Waals surface area contributed by atoms with Crippen LogP contribution in [0.25, 0.3) is 10.2 Å². The largest absolute Gasteiger partial charge is 0.335 e. The van der Waals surface area contributed by atoms with Crippen molar-refractivity contribution in [3.63, 3.8) is 0 Å². The van der Waals surface area contributed by atoms with Crippen LogP contribution in [0.15, 0.2) is 24.3 Å². The fourth-order valence-corrected chi connectivity index (χ4v) is 7.82. The minimum atomic E-state index is 0.0133. The number of nitriles is 1. The predicted molar refractivity (Wildman–Crippen MR) is 119 cm³/mol. The lowest BCUT2D eigenvalue weighted by Gasteiger charge is -2.60. The summed E-state index contributed by atoms with van der Waals surface area (Å²) in [7, 11) is 2.01. The number of para-hydroxylation sites is 1. The molecule has 0 aliphatic heterocycles. The molecule has 2 aromatic rings. The number of amides is 1. The molecule has 0 saturated heterocycles. The summed E-state index contributed by atoms with van der Waals surface area (Å²) in [5.41, 5.74) is 1.04. The Hall–Kier alpha value is -1.97. The van der Waals surface area contributed by atoms with Crippen LogP contribution < -0.4 is 0 Å². The van der Waals surface area contributed by atoms with Crippen LogP contribution in [-0.4, -0.2) is 46.4 Å². The van der Waals surface area contributed by atoms with E-state index in [1.807, 2.05) is 25.2 Å². The molecule has 0 radical (unpaired) electrons. The second kappa shape index (κ2) is 7.94. The van der Waals surface area contributed by atoms with Crippen molar-refractivity contribution < 1.29 is 4.79 Å². The van der Waals surface area contributed by atoms with Crippen LogP contribution in [0, 0.1) is 29.1 Å². The Bertz CT molecular complexity index is 909. The lowest BCUT2D eigenvalue weighted by Crippen LogP contribution is -2.62. The van der Waals surface area contributed by atoms with Gasteiger partial charge in [0.1, 0.15) is 5.01 Å². The quantitative estimate of drug-likeness (QED) is 0.662. The van der Waals surface area contributed by atoms with Crippen molar-refractivity contribution in [2.75, 3.05) is 20.1 Å². The number of carbonyl (C=O) groups excluding carboxylic acids is 1. The van der Waals surface area contributed by atoms with E-state index in [0.29, 0.717) is 26.1 Å². The molecule has 4 saturated carbocycles. The molecule has 1 heterocycles. The SMILES string of the molecule is CN(CC(=O)N(CCC#N)C12CC3CC(CC(C3)C1)C2)Cc1nc2ccccc2s1. The number of likely N-dealkylation sites (N-methyl/N-ethyl adjacent to an activating group) is 1. The van der Waals surface area contributed by atoms with E-state index in [0.717, 1.165) is 47.5 Å². The van der Waals surface area contributed by atoms with Crippen molar-refractivity contribution >= 4 is 27.5 Å². The predicted octanol–water partition coefficient (Wildman–Crippen LogP) is 4.44. The third-order valence-corrected chi connectivity index (χ3v) is 8.50. The van der Waals surface area contributed by atoms with E-state index in [1.165, 1.54) is 24.0 Å². The molecular weight excluding hydrogens is 392 g/mol. The van der Waals surface area contributed by atoms with Gasteiger partial charge in [-0.05, 0) is 75.5 Å². The summed E-state index contributed by atoms with van der Waals surface area (Å²) >= 11 is 1.70. The summed E-state index contributed by atoms with van der Waals surface area (Å²) in [6.45, 7) is 1.65. The van der Waals surface area contributed by atoms with Crippen molar-refractivity contribution in [1.82, 2.24) is 14.8 Å². The molecule has 4 aliphatic carbocycles. The van der Waals surface area contributed by atoms with Gasteiger partial charge >= 0.3 is 0 Å². The van der Waals surface area contributed by atoms with Crippen LogP contribution in [-0.2, 0) is 11.3 Å². The minimum Gasteiger partial charge on any atom is -0.335 e. The van der Waals surface area contributed by atoms with Crippen molar-refractivity contribution in [2.45, 2.75) is 57.0 Å². The first-order valence-electron chi connectivity index (χ1n) is 11.2. The summed E-state index contributed by atoms with van der Waals surface area (Å²) in [5.74, 6) is 2.55. The van der Waals surface area contributed by atoms with E-state index >= 15 is 0 Å². The van der Waals surface area contributed by atoms with Gasteiger partial charge in [-0.15, -0.1) is 11.3 Å². The first-order chi connectivity index (χ1) is 14.5. The highest BCUT2D eigenvalue weighted by Crippen LogP contribution is 2.57. The Morgan fingerprint density at radius 1 is 1.20 bits per heavy atom. The molecule has 4 bridgehead atoms. The Labute approximate surface area is 182 Å². The van der Waals surface area contributed by atoms with Gasteiger partial charge in [0, 0.05) is 12.1 Å². The second-order valence-electron chi connectivity index (χ2n) is 9.84. The van der Waals surface area contributed by atoms with Crippen LogP contribution in [0.4, 0.5) is 0 Å². The van der Waals surface area contributed by atoms with Crippen molar-refractivity contribution in [3.8, 4) is 6.07 Å². The zero-order valence-corrected chi connectivity index (χ0v) is 18.5. The molecule has 6 heteroatoms. The molecule has 0 spiro atoms. The molecular formula is C24H30N4OS. The zero-order valence-electron chi connectivity index (χ0n) is 17.7. The second-order valence-corrected chi connectivity index (χ2v) is 11.0. The maximum atomic E-state index is 13.5. The van der Waals surface area contributed by atoms with Gasteiger partial charge < -0.3 is 4.90 Å². The first kappa shape index (κ1) is 20.0. The molecule has 1 amide bonds. The minimum absolute atomic E-state index is 0.0133. The van der Waals surface area contributed by atoms with Gasteiger partial charge in [-0.3, -0.25) is 9.69 Å². The Kier molecular flexibility index (Phi) is 5.28. The molecule has 4 aliphatic rings. The summed E-state index contributed by atoms with van der Waals surface area (Å²) in [5, 5.41) is 10.3. The van der Waals surface area contributed by atoms with Gasteiger partial charge in [0.05, 0.1) is 35.8 Å². The summed E-state index contributed by atoms with van der Waals surface area (Å²) in [6, 6.07) is 10.5. The Morgan fingerprint density at radius 2 is 1.87 bits per heavy atom. The Morgan fingerprint density at radius 3 is 2.50 bits per heavy atom. The molecule has 0 atom stereocenters. The average Bonchev–Trinajstić information content (AvgIpc) is 3.09. The maximum absolute atomic E-state index is 13.5. The van der Waals surface area contributed by atoms with Gasteiger partial charge in [-0.2, -0.15) is 5.26 Å². The lowest BCUT2D eigenvalue weighted by molar-refractivity contribution is -0.151. The third kappa shape index (κ3) is 3.74. The molecule has 4 fully saturated rings. The number of fused-ring (bicyclic) bond motifs is 1. The summed E-state index contributed by atoms with van der Waals surface area (Å²) in [6.07, 6.45) is 7.95.